The van der Waals surface area contributed by atoms with Crippen molar-refractivity contribution in [1.82, 2.24) is 15.5 Å². The number of rotatable bonds is 7. The topological polar surface area (TPSA) is 61.4 Å². The molecule has 0 radical (unpaired) electrons. The molecule has 2 aromatic carbocycles. The summed E-state index contributed by atoms with van der Waals surface area (Å²) in [6.45, 7) is 0.154. The lowest BCUT2D eigenvalue weighted by molar-refractivity contribution is -0.143. The highest BCUT2D eigenvalue weighted by atomic mass is 19.4. The third kappa shape index (κ3) is 7.20. The SMILES string of the molecule is CN(Cc1cc(C(F)(F)F)cc(C(F)(F)F)c1)C(=O)[C@H](Cc1ccccc1)NC(=O)[C@@H]1CCCN1. The molecule has 2 N–H and O–H groups in total. The second-order valence-electron chi connectivity index (χ2n) is 8.51. The van der Waals surface area contributed by atoms with Gasteiger partial charge in [0.15, 0.2) is 0 Å². The molecule has 5 nitrogen and oxygen atoms in total. The number of benzene rings is 2. The fourth-order valence-corrected chi connectivity index (χ4v) is 3.96. The Kier molecular flexibility index (Phi) is 8.09. The zero-order chi connectivity index (χ0) is 25.8. The van der Waals surface area contributed by atoms with Crippen molar-refractivity contribution in [2.24, 2.45) is 0 Å². The van der Waals surface area contributed by atoms with E-state index in [4.69, 9.17) is 0 Å². The maximum atomic E-state index is 13.2. The maximum Gasteiger partial charge on any atom is 0.416 e. The number of likely N-dealkylation sites (N-methyl/N-ethyl adjacent to an activating group) is 1. The minimum absolute atomic E-state index is 0.0400. The average Bonchev–Trinajstić information content (AvgIpc) is 3.32. The second kappa shape index (κ2) is 10.7. The first-order valence-electron chi connectivity index (χ1n) is 11.0. The van der Waals surface area contributed by atoms with E-state index in [1.165, 1.54) is 7.05 Å². The van der Waals surface area contributed by atoms with Gasteiger partial charge in [-0.25, -0.2) is 0 Å². The van der Waals surface area contributed by atoms with Crippen LogP contribution in [0.3, 0.4) is 0 Å². The molecule has 190 valence electrons. The summed E-state index contributed by atoms with van der Waals surface area (Å²) < 4.78 is 79.2. The van der Waals surface area contributed by atoms with Gasteiger partial charge in [0, 0.05) is 20.0 Å². The molecule has 2 aromatic rings. The highest BCUT2D eigenvalue weighted by Crippen LogP contribution is 2.36. The van der Waals surface area contributed by atoms with Crippen LogP contribution < -0.4 is 10.6 Å². The van der Waals surface area contributed by atoms with Crippen molar-refractivity contribution in [3.8, 4) is 0 Å². The van der Waals surface area contributed by atoms with Gasteiger partial charge < -0.3 is 15.5 Å². The van der Waals surface area contributed by atoms with E-state index in [1.807, 2.05) is 0 Å². The zero-order valence-electron chi connectivity index (χ0n) is 18.8. The smallest absolute Gasteiger partial charge is 0.343 e. The Labute approximate surface area is 198 Å². The average molecular weight is 501 g/mol. The van der Waals surface area contributed by atoms with Crippen molar-refractivity contribution in [2.45, 2.75) is 50.2 Å². The van der Waals surface area contributed by atoms with Crippen LogP contribution in [0.15, 0.2) is 48.5 Å². The Morgan fingerprint density at radius 2 is 1.60 bits per heavy atom. The van der Waals surface area contributed by atoms with E-state index in [2.05, 4.69) is 10.6 Å². The molecule has 1 saturated heterocycles. The van der Waals surface area contributed by atoms with Gasteiger partial charge in [0.2, 0.25) is 11.8 Å². The van der Waals surface area contributed by atoms with Crippen LogP contribution in [0.1, 0.15) is 35.1 Å². The molecule has 0 spiro atoms. The first-order valence-corrected chi connectivity index (χ1v) is 11.0. The maximum absolute atomic E-state index is 13.2. The number of hydrogen-bond acceptors (Lipinski definition) is 3. The van der Waals surface area contributed by atoms with Gasteiger partial charge in [0.05, 0.1) is 17.2 Å². The van der Waals surface area contributed by atoms with Gasteiger partial charge in [-0.1, -0.05) is 30.3 Å². The van der Waals surface area contributed by atoms with E-state index in [0.29, 0.717) is 25.1 Å². The normalized spacial score (nSPS) is 17.2. The van der Waals surface area contributed by atoms with Gasteiger partial charge in [-0.05, 0) is 48.7 Å². The summed E-state index contributed by atoms with van der Waals surface area (Å²) >= 11 is 0. The van der Waals surface area contributed by atoms with Crippen LogP contribution >= 0.6 is 0 Å². The standard InChI is InChI=1S/C24H25F6N3O2/c1-33(14-16-10-17(23(25,26)27)13-18(11-16)24(28,29)30)22(35)20(12-15-6-3-2-4-7-15)32-21(34)19-8-5-9-31-19/h2-4,6-7,10-11,13,19-20,31H,5,8-9,12,14H2,1H3,(H,32,34)/t19-,20-/m0/s1. The molecule has 2 amide bonds. The number of alkyl halides is 6. The van der Waals surface area contributed by atoms with E-state index in [1.54, 1.807) is 30.3 Å². The summed E-state index contributed by atoms with van der Waals surface area (Å²) in [4.78, 5) is 26.9. The first kappa shape index (κ1) is 26.5. The zero-order valence-corrected chi connectivity index (χ0v) is 18.8. The third-order valence-corrected chi connectivity index (χ3v) is 5.72. The fraction of sp³-hybridized carbons (Fsp3) is 0.417. The van der Waals surface area contributed by atoms with Crippen molar-refractivity contribution < 1.29 is 35.9 Å². The summed E-state index contributed by atoms with van der Waals surface area (Å²) in [5.41, 5.74) is -2.50. The molecule has 0 bridgehead atoms. The Bertz CT molecular complexity index is 1000. The lowest BCUT2D eigenvalue weighted by Gasteiger charge is -2.26. The molecule has 0 aromatic heterocycles. The summed E-state index contributed by atoms with van der Waals surface area (Å²) in [5, 5.41) is 5.72. The monoisotopic (exact) mass is 501 g/mol. The van der Waals surface area contributed by atoms with E-state index in [9.17, 15) is 35.9 Å². The van der Waals surface area contributed by atoms with E-state index in [-0.39, 0.29) is 24.0 Å². The molecule has 35 heavy (non-hydrogen) atoms. The molecular formula is C24H25F6N3O2. The first-order chi connectivity index (χ1) is 16.3. The van der Waals surface area contributed by atoms with E-state index < -0.39 is 48.0 Å². The van der Waals surface area contributed by atoms with Crippen molar-refractivity contribution in [2.75, 3.05) is 13.6 Å². The number of nitrogens with one attached hydrogen (secondary N) is 2. The second-order valence-corrected chi connectivity index (χ2v) is 8.51. The molecule has 0 saturated carbocycles. The largest absolute Gasteiger partial charge is 0.416 e. The van der Waals surface area contributed by atoms with Crippen molar-refractivity contribution in [3.63, 3.8) is 0 Å². The molecule has 2 atom stereocenters. The number of hydrogen-bond donors (Lipinski definition) is 2. The van der Waals surface area contributed by atoms with Gasteiger partial charge in [0.1, 0.15) is 6.04 Å². The predicted molar refractivity (Wildman–Crippen MR) is 116 cm³/mol. The molecular weight excluding hydrogens is 476 g/mol. The lowest BCUT2D eigenvalue weighted by Crippen LogP contribution is -2.52. The Balaban J connectivity index is 1.83. The summed E-state index contributed by atoms with van der Waals surface area (Å²) in [6, 6.07) is 8.49. The number of carbonyl (C=O) groups excluding carboxylic acids is 2. The fourth-order valence-electron chi connectivity index (χ4n) is 3.96. The molecule has 3 rings (SSSR count). The minimum Gasteiger partial charge on any atom is -0.343 e. The summed E-state index contributed by atoms with van der Waals surface area (Å²) in [6.07, 6.45) is -8.48. The lowest BCUT2D eigenvalue weighted by atomic mass is 10.0. The van der Waals surface area contributed by atoms with E-state index in [0.717, 1.165) is 16.9 Å². The number of nitrogens with zero attached hydrogens (tertiary/aromatic N) is 1. The highest BCUT2D eigenvalue weighted by molar-refractivity contribution is 5.90. The quantitative estimate of drug-likeness (QED) is 0.561. The molecule has 1 fully saturated rings. The van der Waals surface area contributed by atoms with Gasteiger partial charge >= 0.3 is 12.4 Å². The van der Waals surface area contributed by atoms with E-state index >= 15 is 0 Å². The minimum atomic E-state index is -4.99. The van der Waals surface area contributed by atoms with Crippen LogP contribution in [0.25, 0.3) is 0 Å². The highest BCUT2D eigenvalue weighted by Gasteiger charge is 2.37. The summed E-state index contributed by atoms with van der Waals surface area (Å²) in [7, 11) is 1.27. The van der Waals surface area contributed by atoms with Crippen LogP contribution in [0.2, 0.25) is 0 Å². The Morgan fingerprint density at radius 3 is 2.11 bits per heavy atom. The van der Waals surface area contributed by atoms with Crippen molar-refractivity contribution >= 4 is 11.8 Å². The third-order valence-electron chi connectivity index (χ3n) is 5.72. The van der Waals surface area contributed by atoms with Gasteiger partial charge in [-0.2, -0.15) is 26.3 Å². The van der Waals surface area contributed by atoms with Crippen LogP contribution in [0.5, 0.6) is 0 Å². The number of carbonyl (C=O) groups is 2. The molecule has 1 aliphatic rings. The molecule has 0 unspecified atom stereocenters. The van der Waals surface area contributed by atoms with Gasteiger partial charge in [-0.15, -0.1) is 0 Å². The summed E-state index contributed by atoms with van der Waals surface area (Å²) in [5.74, 6) is -1.02. The number of amides is 2. The van der Waals surface area contributed by atoms with Crippen molar-refractivity contribution in [1.29, 1.82) is 0 Å². The number of halogens is 6. The van der Waals surface area contributed by atoms with Crippen LogP contribution in [0.4, 0.5) is 26.3 Å². The Hall–Kier alpha value is -3.08. The van der Waals surface area contributed by atoms with Gasteiger partial charge in [0.25, 0.3) is 0 Å². The molecule has 1 heterocycles. The molecule has 0 aliphatic carbocycles. The van der Waals surface area contributed by atoms with Crippen LogP contribution in [0, 0.1) is 0 Å². The van der Waals surface area contributed by atoms with Crippen LogP contribution in [-0.2, 0) is 34.9 Å². The predicted octanol–water partition coefficient (Wildman–Crippen LogP) is 4.16. The van der Waals surface area contributed by atoms with Crippen LogP contribution in [-0.4, -0.2) is 42.4 Å². The molecule has 1 aliphatic heterocycles. The molecule has 11 heteroatoms. The Morgan fingerprint density at radius 1 is 1.00 bits per heavy atom. The van der Waals surface area contributed by atoms with Crippen molar-refractivity contribution in [3.05, 3.63) is 70.8 Å². The van der Waals surface area contributed by atoms with Gasteiger partial charge in [-0.3, -0.25) is 9.59 Å².